The maximum absolute atomic E-state index is 12.0. The molecule has 0 fully saturated rings. The zero-order valence-corrected chi connectivity index (χ0v) is 20.2. The molecule has 0 aromatic heterocycles. The highest BCUT2D eigenvalue weighted by molar-refractivity contribution is 5.85. The number of carbonyl (C=O) groups excluding carboxylic acids is 2. The minimum absolute atomic E-state index is 0. The molecular formula is C23H46ClNO4. The minimum Gasteiger partial charge on any atom is -0.550 e. The number of carboxylic acid groups (broad SMARTS) is 1. The zero-order valence-electron chi connectivity index (χ0n) is 19.4. The van der Waals surface area contributed by atoms with Crippen molar-refractivity contribution in [2.75, 3.05) is 27.7 Å². The van der Waals surface area contributed by atoms with Crippen LogP contribution < -0.4 is 5.11 Å². The summed E-state index contributed by atoms with van der Waals surface area (Å²) < 4.78 is 5.91. The van der Waals surface area contributed by atoms with Crippen molar-refractivity contribution in [1.82, 2.24) is 0 Å². The van der Waals surface area contributed by atoms with Crippen LogP contribution in [-0.4, -0.2) is 50.2 Å². The van der Waals surface area contributed by atoms with Gasteiger partial charge in [0.05, 0.1) is 21.1 Å². The van der Waals surface area contributed by atoms with Crippen LogP contribution in [0.15, 0.2) is 0 Å². The number of likely N-dealkylation sites (N-methyl/N-ethyl adjacent to an activating group) is 1. The average molecular weight is 437 g/mol. The Hall–Kier alpha value is -0.810. The average Bonchev–Trinajstić information content (AvgIpc) is 2.56. The number of aliphatic carboxylic acids is 1. The molecule has 0 aliphatic carbocycles. The van der Waals surface area contributed by atoms with Gasteiger partial charge in [-0.2, -0.15) is 0 Å². The number of rotatable bonds is 19. The molecule has 174 valence electrons. The molecule has 5 nitrogen and oxygen atoms in total. The third-order valence-electron chi connectivity index (χ3n) is 4.93. The molecule has 0 saturated carbocycles. The molecule has 0 aliphatic heterocycles. The Morgan fingerprint density at radius 3 is 1.59 bits per heavy atom. The van der Waals surface area contributed by atoms with Gasteiger partial charge < -0.3 is 19.1 Å². The van der Waals surface area contributed by atoms with Crippen LogP contribution in [0.4, 0.5) is 0 Å². The molecular weight excluding hydrogens is 391 g/mol. The molecule has 6 heteroatoms. The summed E-state index contributed by atoms with van der Waals surface area (Å²) in [4.78, 5) is 22.8. The van der Waals surface area contributed by atoms with Gasteiger partial charge in [-0.05, 0) is 6.42 Å². The van der Waals surface area contributed by atoms with Crippen LogP contribution >= 0.6 is 12.4 Å². The number of esters is 1. The van der Waals surface area contributed by atoms with Crippen LogP contribution in [0, 0.1) is 0 Å². The van der Waals surface area contributed by atoms with E-state index in [2.05, 4.69) is 6.92 Å². The van der Waals surface area contributed by atoms with E-state index in [1.54, 1.807) is 0 Å². The van der Waals surface area contributed by atoms with Gasteiger partial charge in [0.15, 0.2) is 6.10 Å². The van der Waals surface area contributed by atoms with Gasteiger partial charge in [0.2, 0.25) is 0 Å². The van der Waals surface area contributed by atoms with Crippen molar-refractivity contribution >= 4 is 24.3 Å². The quantitative estimate of drug-likeness (QED) is 0.128. The molecule has 0 unspecified atom stereocenters. The van der Waals surface area contributed by atoms with E-state index in [0.717, 1.165) is 19.3 Å². The highest BCUT2D eigenvalue weighted by atomic mass is 35.5. The van der Waals surface area contributed by atoms with E-state index in [9.17, 15) is 14.7 Å². The van der Waals surface area contributed by atoms with E-state index in [0.29, 0.717) is 17.4 Å². The lowest BCUT2D eigenvalue weighted by atomic mass is 10.0. The highest BCUT2D eigenvalue weighted by Crippen LogP contribution is 2.13. The largest absolute Gasteiger partial charge is 0.550 e. The lowest BCUT2D eigenvalue weighted by Crippen LogP contribution is -2.45. The number of carbonyl (C=O) groups is 2. The Kier molecular flexibility index (Phi) is 20.1. The predicted octanol–water partition coefficient (Wildman–Crippen LogP) is 4.65. The van der Waals surface area contributed by atoms with Crippen molar-refractivity contribution in [3.8, 4) is 0 Å². The van der Waals surface area contributed by atoms with Crippen molar-refractivity contribution in [3.05, 3.63) is 0 Å². The third-order valence-corrected chi connectivity index (χ3v) is 4.93. The number of halogens is 1. The van der Waals surface area contributed by atoms with Crippen LogP contribution in [0.3, 0.4) is 0 Å². The predicted molar refractivity (Wildman–Crippen MR) is 120 cm³/mol. The van der Waals surface area contributed by atoms with E-state index in [1.165, 1.54) is 64.2 Å². The maximum Gasteiger partial charge on any atom is 0.306 e. The Balaban J connectivity index is 0. The van der Waals surface area contributed by atoms with Crippen molar-refractivity contribution in [2.45, 2.75) is 109 Å². The number of hydrogen-bond donors (Lipinski definition) is 0. The molecule has 0 heterocycles. The maximum atomic E-state index is 12.0. The summed E-state index contributed by atoms with van der Waals surface area (Å²) in [5.41, 5.74) is 0. The number of unbranched alkanes of at least 4 members (excludes halogenated alkanes) is 12. The minimum atomic E-state index is -1.17. The van der Waals surface area contributed by atoms with Gasteiger partial charge in [0, 0.05) is 18.8 Å². The number of carboxylic acids is 1. The number of hydrogen-bond acceptors (Lipinski definition) is 4. The van der Waals surface area contributed by atoms with Crippen LogP contribution in [0.1, 0.15) is 103 Å². The summed E-state index contributed by atoms with van der Waals surface area (Å²) in [6, 6.07) is 0. The van der Waals surface area contributed by atoms with E-state index in [-0.39, 0.29) is 24.8 Å². The van der Waals surface area contributed by atoms with Gasteiger partial charge in [0.25, 0.3) is 0 Å². The second kappa shape index (κ2) is 19.2. The van der Waals surface area contributed by atoms with Gasteiger partial charge in [-0.3, -0.25) is 4.79 Å². The van der Waals surface area contributed by atoms with Gasteiger partial charge in [-0.15, -0.1) is 12.4 Å². The van der Waals surface area contributed by atoms with Crippen molar-refractivity contribution < 1.29 is 23.9 Å². The van der Waals surface area contributed by atoms with Gasteiger partial charge in [0.1, 0.15) is 6.54 Å². The summed E-state index contributed by atoms with van der Waals surface area (Å²) in [7, 11) is 5.84. The first-order valence-electron chi connectivity index (χ1n) is 11.4. The molecule has 0 N–H and O–H groups in total. The molecule has 0 aliphatic rings. The SMILES string of the molecule is CCCCCCCCCCCCCCC[13C](=O)O[C@H](CC(=O)[O-])C[N+](C)(C)C.Cl. The summed E-state index contributed by atoms with van der Waals surface area (Å²) in [6.07, 6.45) is 16.0. The summed E-state index contributed by atoms with van der Waals surface area (Å²) in [6.45, 7) is 2.72. The zero-order chi connectivity index (χ0) is 21.3. The fourth-order valence-corrected chi connectivity index (χ4v) is 3.47. The topological polar surface area (TPSA) is 66.4 Å². The van der Waals surface area contributed by atoms with Crippen molar-refractivity contribution in [3.63, 3.8) is 0 Å². The van der Waals surface area contributed by atoms with Crippen LogP contribution in [0.2, 0.25) is 0 Å². The van der Waals surface area contributed by atoms with E-state index in [4.69, 9.17) is 4.74 Å². The van der Waals surface area contributed by atoms with Crippen LogP contribution in [-0.2, 0) is 14.3 Å². The molecule has 0 spiro atoms. The monoisotopic (exact) mass is 436 g/mol. The Labute approximate surface area is 185 Å². The molecule has 0 rings (SSSR count). The smallest absolute Gasteiger partial charge is 0.306 e. The summed E-state index contributed by atoms with van der Waals surface area (Å²) in [5.74, 6) is -1.46. The first-order valence-corrected chi connectivity index (χ1v) is 11.4. The Morgan fingerprint density at radius 1 is 0.793 bits per heavy atom. The van der Waals surface area contributed by atoms with Crippen LogP contribution in [0.25, 0.3) is 0 Å². The Bertz CT molecular complexity index is 410. The Morgan fingerprint density at radius 2 is 1.21 bits per heavy atom. The molecule has 0 bridgehead atoms. The molecule has 0 amide bonds. The van der Waals surface area contributed by atoms with E-state index < -0.39 is 12.1 Å². The normalized spacial score (nSPS) is 12.3. The molecule has 0 aromatic rings. The molecule has 0 saturated heterocycles. The molecule has 29 heavy (non-hydrogen) atoms. The van der Waals surface area contributed by atoms with Gasteiger partial charge in [-0.1, -0.05) is 84.0 Å². The first-order chi connectivity index (χ1) is 13.2. The lowest BCUT2D eigenvalue weighted by Gasteiger charge is -2.29. The number of ether oxygens (including phenoxy) is 1. The van der Waals surface area contributed by atoms with Crippen LogP contribution in [0.5, 0.6) is 0 Å². The van der Waals surface area contributed by atoms with Crippen molar-refractivity contribution in [2.24, 2.45) is 0 Å². The molecule has 1 atom stereocenters. The number of quaternary nitrogens is 1. The van der Waals surface area contributed by atoms with Gasteiger partial charge in [-0.25, -0.2) is 0 Å². The molecule has 0 aromatic carbocycles. The summed E-state index contributed by atoms with van der Waals surface area (Å²) >= 11 is 0. The fraction of sp³-hybridized carbons (Fsp3) is 0.913. The standard InChI is InChI=1S/C23H45NO4.ClH/c1-5-6-7-8-9-10-11-12-13-14-15-16-17-18-23(27)28-21(19-22(25)26)20-24(2,3)4;/h21H,5-20H2,1-4H3;1H/t21-;/m1./s1/i23+1;. The lowest BCUT2D eigenvalue weighted by molar-refractivity contribution is -0.873. The molecule has 0 radical (unpaired) electrons. The fourth-order valence-electron chi connectivity index (χ4n) is 3.47. The second-order valence-electron chi connectivity index (χ2n) is 9.15. The number of nitrogens with zero attached hydrogens (tertiary/aromatic N) is 1. The third kappa shape index (κ3) is 23.3. The summed E-state index contributed by atoms with van der Waals surface area (Å²) in [5, 5.41) is 10.9. The van der Waals surface area contributed by atoms with Gasteiger partial charge >= 0.3 is 5.97 Å². The van der Waals surface area contributed by atoms with E-state index in [1.807, 2.05) is 21.1 Å². The van der Waals surface area contributed by atoms with Crippen molar-refractivity contribution in [1.29, 1.82) is 0 Å². The van der Waals surface area contributed by atoms with E-state index >= 15 is 0 Å². The highest BCUT2D eigenvalue weighted by Gasteiger charge is 2.22. The first kappa shape index (κ1) is 30.4. The second-order valence-corrected chi connectivity index (χ2v) is 9.15.